The molecule has 4 heteroatoms. The van der Waals surface area contributed by atoms with Crippen molar-refractivity contribution in [3.05, 3.63) is 90.0 Å². The number of esters is 1. The highest BCUT2D eigenvalue weighted by molar-refractivity contribution is 6.11. The van der Waals surface area contributed by atoms with Crippen LogP contribution in [0.2, 0.25) is 0 Å². The number of hydrogen-bond donors (Lipinski definition) is 1. The van der Waals surface area contributed by atoms with Crippen LogP contribution in [0, 0.1) is 0 Å². The molecule has 1 aliphatic heterocycles. The molecule has 1 atom stereocenters. The largest absolute Gasteiger partial charge is 0.463 e. The van der Waals surface area contributed by atoms with Crippen LogP contribution in [0.3, 0.4) is 0 Å². The smallest absolute Gasteiger partial charge is 0.330 e. The van der Waals surface area contributed by atoms with E-state index in [0.717, 1.165) is 27.6 Å². The van der Waals surface area contributed by atoms with Gasteiger partial charge in [-0.3, -0.25) is 4.79 Å². The lowest BCUT2D eigenvalue weighted by molar-refractivity contribution is -0.137. The predicted molar refractivity (Wildman–Crippen MR) is 106 cm³/mol. The second-order valence-corrected chi connectivity index (χ2v) is 6.46. The Labute approximate surface area is 157 Å². The molecule has 0 aliphatic carbocycles. The Balaban J connectivity index is 1.93. The molecule has 0 saturated carbocycles. The number of rotatable bonds is 4. The molecule has 1 N–H and O–H groups in total. The topological polar surface area (TPSA) is 55.4 Å². The van der Waals surface area contributed by atoms with Crippen molar-refractivity contribution in [2.24, 2.45) is 0 Å². The van der Waals surface area contributed by atoms with Gasteiger partial charge in [-0.1, -0.05) is 60.7 Å². The summed E-state index contributed by atoms with van der Waals surface area (Å²) in [6.07, 6.45) is 3.00. The standard InChI is InChI=1S/C23H19NO3/c1-2-27-21(25)13-14-23(19-9-5-6-10-20(19)24-22(23)26)18-12-11-16-7-3-4-8-17(16)15-18/h3-15H,2H2,1H3,(H,24,26)/b14-13+. The summed E-state index contributed by atoms with van der Waals surface area (Å²) < 4.78 is 5.02. The Kier molecular flexibility index (Phi) is 4.24. The van der Waals surface area contributed by atoms with Crippen LogP contribution in [0.5, 0.6) is 0 Å². The van der Waals surface area contributed by atoms with Gasteiger partial charge >= 0.3 is 5.97 Å². The minimum Gasteiger partial charge on any atom is -0.463 e. The molecular weight excluding hydrogens is 338 g/mol. The Bertz CT molecular complexity index is 1070. The van der Waals surface area contributed by atoms with E-state index >= 15 is 0 Å². The molecule has 0 fully saturated rings. The average molecular weight is 357 g/mol. The van der Waals surface area contributed by atoms with E-state index in [9.17, 15) is 9.59 Å². The van der Waals surface area contributed by atoms with Crippen LogP contribution in [0.15, 0.2) is 78.9 Å². The van der Waals surface area contributed by atoms with Crippen molar-refractivity contribution < 1.29 is 14.3 Å². The summed E-state index contributed by atoms with van der Waals surface area (Å²) in [5.41, 5.74) is 1.31. The lowest BCUT2D eigenvalue weighted by Crippen LogP contribution is -2.34. The van der Waals surface area contributed by atoms with Crippen LogP contribution in [-0.2, 0) is 19.7 Å². The van der Waals surface area contributed by atoms with Crippen LogP contribution in [0.1, 0.15) is 18.1 Å². The summed E-state index contributed by atoms with van der Waals surface area (Å²) in [6, 6.07) is 21.5. The number of anilines is 1. The third-order valence-electron chi connectivity index (χ3n) is 4.92. The molecule has 1 aliphatic rings. The number of para-hydroxylation sites is 1. The molecule has 1 amide bonds. The number of carbonyl (C=O) groups excluding carboxylic acids is 2. The molecule has 0 spiro atoms. The number of carbonyl (C=O) groups is 2. The molecule has 1 heterocycles. The maximum atomic E-state index is 13.1. The fourth-order valence-corrected chi connectivity index (χ4v) is 3.65. The fourth-order valence-electron chi connectivity index (χ4n) is 3.65. The second-order valence-electron chi connectivity index (χ2n) is 6.46. The number of hydrogen-bond acceptors (Lipinski definition) is 3. The molecule has 0 saturated heterocycles. The zero-order valence-electron chi connectivity index (χ0n) is 14.9. The van der Waals surface area contributed by atoms with Gasteiger partial charge in [0.2, 0.25) is 5.91 Å². The van der Waals surface area contributed by atoms with Gasteiger partial charge in [-0.05, 0) is 41.0 Å². The highest BCUT2D eigenvalue weighted by Gasteiger charge is 2.46. The van der Waals surface area contributed by atoms with E-state index < -0.39 is 11.4 Å². The Morgan fingerprint density at radius 2 is 1.78 bits per heavy atom. The van der Waals surface area contributed by atoms with E-state index in [2.05, 4.69) is 5.32 Å². The van der Waals surface area contributed by atoms with E-state index in [1.807, 2.05) is 66.7 Å². The van der Waals surface area contributed by atoms with Gasteiger partial charge in [0.05, 0.1) is 6.61 Å². The average Bonchev–Trinajstić information content (AvgIpc) is 2.98. The molecule has 134 valence electrons. The van der Waals surface area contributed by atoms with E-state index in [-0.39, 0.29) is 12.5 Å². The Morgan fingerprint density at radius 1 is 1.04 bits per heavy atom. The van der Waals surface area contributed by atoms with E-state index in [1.165, 1.54) is 6.08 Å². The first-order chi connectivity index (χ1) is 13.1. The second kappa shape index (κ2) is 6.72. The van der Waals surface area contributed by atoms with Crippen molar-refractivity contribution in [1.29, 1.82) is 0 Å². The van der Waals surface area contributed by atoms with Crippen molar-refractivity contribution in [1.82, 2.24) is 0 Å². The summed E-state index contributed by atoms with van der Waals surface area (Å²) in [4.78, 5) is 25.1. The maximum Gasteiger partial charge on any atom is 0.330 e. The monoisotopic (exact) mass is 357 g/mol. The zero-order valence-corrected chi connectivity index (χ0v) is 14.9. The van der Waals surface area contributed by atoms with Crippen LogP contribution >= 0.6 is 0 Å². The molecule has 4 nitrogen and oxygen atoms in total. The van der Waals surface area contributed by atoms with Crippen molar-refractivity contribution in [3.8, 4) is 0 Å². The third kappa shape index (κ3) is 2.79. The minimum absolute atomic E-state index is 0.181. The van der Waals surface area contributed by atoms with E-state index in [4.69, 9.17) is 4.74 Å². The number of nitrogens with one attached hydrogen (secondary N) is 1. The molecule has 0 radical (unpaired) electrons. The summed E-state index contributed by atoms with van der Waals surface area (Å²) in [6.45, 7) is 2.04. The molecular formula is C23H19NO3. The number of fused-ring (bicyclic) bond motifs is 2. The number of amides is 1. The number of ether oxygens (including phenoxy) is 1. The summed E-state index contributed by atoms with van der Waals surface area (Å²) in [7, 11) is 0. The molecule has 4 rings (SSSR count). The lowest BCUT2D eigenvalue weighted by atomic mass is 9.74. The molecule has 27 heavy (non-hydrogen) atoms. The maximum absolute atomic E-state index is 13.1. The first-order valence-electron chi connectivity index (χ1n) is 8.91. The molecule has 3 aromatic carbocycles. The predicted octanol–water partition coefficient (Wildman–Crippen LogP) is 4.20. The van der Waals surface area contributed by atoms with Crippen LogP contribution in [0.4, 0.5) is 5.69 Å². The highest BCUT2D eigenvalue weighted by Crippen LogP contribution is 2.44. The van der Waals surface area contributed by atoms with Gasteiger partial charge in [-0.25, -0.2) is 4.79 Å². The van der Waals surface area contributed by atoms with Gasteiger partial charge in [0.15, 0.2) is 0 Å². The molecule has 1 unspecified atom stereocenters. The van der Waals surface area contributed by atoms with Crippen LogP contribution in [-0.4, -0.2) is 18.5 Å². The van der Waals surface area contributed by atoms with Crippen molar-refractivity contribution in [2.75, 3.05) is 11.9 Å². The SMILES string of the molecule is CCOC(=O)/C=C/C1(c2ccc3ccccc3c2)C(=O)Nc2ccccc21. The molecule has 0 aromatic heterocycles. The fraction of sp³-hybridized carbons (Fsp3) is 0.130. The summed E-state index contributed by atoms with van der Waals surface area (Å²) >= 11 is 0. The lowest BCUT2D eigenvalue weighted by Gasteiger charge is -2.25. The molecule has 0 bridgehead atoms. The Morgan fingerprint density at radius 3 is 2.59 bits per heavy atom. The van der Waals surface area contributed by atoms with Gasteiger partial charge in [-0.2, -0.15) is 0 Å². The zero-order chi connectivity index (χ0) is 18.9. The van der Waals surface area contributed by atoms with Crippen LogP contribution in [0.25, 0.3) is 10.8 Å². The summed E-state index contributed by atoms with van der Waals surface area (Å²) in [5.74, 6) is -0.644. The van der Waals surface area contributed by atoms with Gasteiger partial charge in [-0.15, -0.1) is 0 Å². The van der Waals surface area contributed by atoms with E-state index in [0.29, 0.717) is 0 Å². The van der Waals surface area contributed by atoms with Crippen molar-refractivity contribution in [3.63, 3.8) is 0 Å². The molecule has 3 aromatic rings. The van der Waals surface area contributed by atoms with Gasteiger partial charge in [0.1, 0.15) is 5.41 Å². The summed E-state index contributed by atoms with van der Waals surface area (Å²) in [5, 5.41) is 5.08. The first kappa shape index (κ1) is 17.0. The normalized spacial score (nSPS) is 18.5. The van der Waals surface area contributed by atoms with E-state index in [1.54, 1.807) is 13.0 Å². The van der Waals surface area contributed by atoms with Crippen molar-refractivity contribution >= 4 is 28.3 Å². The minimum atomic E-state index is -1.08. The first-order valence-corrected chi connectivity index (χ1v) is 8.91. The number of benzene rings is 3. The van der Waals surface area contributed by atoms with Gasteiger partial charge in [0.25, 0.3) is 0 Å². The third-order valence-corrected chi connectivity index (χ3v) is 4.92. The Hall–Kier alpha value is -3.40. The van der Waals surface area contributed by atoms with Crippen molar-refractivity contribution in [2.45, 2.75) is 12.3 Å². The van der Waals surface area contributed by atoms with Crippen LogP contribution < -0.4 is 5.32 Å². The van der Waals surface area contributed by atoms with Gasteiger partial charge in [0, 0.05) is 11.8 Å². The highest BCUT2D eigenvalue weighted by atomic mass is 16.5. The quantitative estimate of drug-likeness (QED) is 0.562. The van der Waals surface area contributed by atoms with Gasteiger partial charge < -0.3 is 10.1 Å².